The van der Waals surface area contributed by atoms with Gasteiger partial charge in [-0.2, -0.15) is 0 Å². The monoisotopic (exact) mass is 549 g/mol. The Balaban J connectivity index is 1.32. The van der Waals surface area contributed by atoms with Crippen molar-refractivity contribution in [1.82, 2.24) is 0 Å². The first-order chi connectivity index (χ1) is 20.0. The van der Waals surface area contributed by atoms with E-state index < -0.39 is 31.0 Å². The van der Waals surface area contributed by atoms with Gasteiger partial charge in [0.2, 0.25) is 11.8 Å². The van der Waals surface area contributed by atoms with Crippen LogP contribution in [0.2, 0.25) is 6.32 Å². The number of anilines is 1. The van der Waals surface area contributed by atoms with Crippen LogP contribution in [0, 0.1) is 17.8 Å². The van der Waals surface area contributed by atoms with Crippen LogP contribution in [0.5, 0.6) is 5.75 Å². The van der Waals surface area contributed by atoms with Gasteiger partial charge in [-0.3, -0.25) is 14.5 Å². The van der Waals surface area contributed by atoms with Crippen molar-refractivity contribution in [1.29, 1.82) is 0 Å². The highest BCUT2D eigenvalue weighted by Crippen LogP contribution is 2.51. The summed E-state index contributed by atoms with van der Waals surface area (Å²) < 4.78 is 6.07. The van der Waals surface area contributed by atoms with Crippen LogP contribution in [-0.2, 0) is 14.2 Å². The Morgan fingerprint density at radius 1 is 0.927 bits per heavy atom. The molecule has 208 valence electrons. The molecule has 2 amide bonds. The molecular weight excluding hydrogens is 517 g/mol. The third kappa shape index (κ3) is 5.15. The molecule has 0 spiro atoms. The van der Waals surface area contributed by atoms with Gasteiger partial charge in [-0.15, -0.1) is 0 Å². The van der Waals surface area contributed by atoms with E-state index in [4.69, 9.17) is 4.65 Å². The van der Waals surface area contributed by atoms with Crippen molar-refractivity contribution in [2.75, 3.05) is 11.5 Å². The molecule has 0 aromatic heterocycles. The molecule has 3 N–H and O–H groups in total. The van der Waals surface area contributed by atoms with Crippen molar-refractivity contribution in [2.45, 2.75) is 31.7 Å². The summed E-state index contributed by atoms with van der Waals surface area (Å²) in [5.74, 6) is -1.93. The Bertz CT molecular complexity index is 1500. The van der Waals surface area contributed by atoms with E-state index >= 15 is 0 Å². The van der Waals surface area contributed by atoms with Crippen LogP contribution >= 0.6 is 0 Å². The molecule has 3 aliphatic rings. The molecule has 3 aromatic carbocycles. The molecule has 0 saturated carbocycles. The molecule has 7 nitrogen and oxygen atoms in total. The molecule has 2 fully saturated rings. The van der Waals surface area contributed by atoms with Gasteiger partial charge >= 0.3 is 7.12 Å². The molecule has 1 aliphatic carbocycles. The first-order valence-electron chi connectivity index (χ1n) is 14.1. The SMILES string of the molecule is O=C1[C@@H]2[C@@H](CC(CO)=C3[C@@H](CC/C(=C/c4ccccc4O)c4ccccc4)OB(O)C[C@@H]32)C(=O)N1c1ccccc1. The number of aliphatic hydroxyl groups excluding tert-OH is 1. The zero-order valence-electron chi connectivity index (χ0n) is 22.6. The summed E-state index contributed by atoms with van der Waals surface area (Å²) in [6.45, 7) is -0.239. The normalized spacial score (nSPS) is 24.5. The highest BCUT2D eigenvalue weighted by atomic mass is 16.5. The number of carbonyl (C=O) groups is 2. The lowest BCUT2D eigenvalue weighted by atomic mass is 9.58. The quantitative estimate of drug-likeness (QED) is 0.171. The van der Waals surface area contributed by atoms with Crippen molar-refractivity contribution in [2.24, 2.45) is 17.8 Å². The number of fused-ring (bicyclic) bond motifs is 3. The fraction of sp³-hybridized carbons (Fsp3) is 0.273. The average molecular weight is 549 g/mol. The predicted molar refractivity (Wildman–Crippen MR) is 157 cm³/mol. The molecular formula is C33H32BNO6. The zero-order chi connectivity index (χ0) is 28.5. The minimum absolute atomic E-state index is 0.182. The second-order valence-electron chi connectivity index (χ2n) is 11.0. The van der Waals surface area contributed by atoms with Gasteiger partial charge in [0.1, 0.15) is 5.75 Å². The molecule has 8 heteroatoms. The van der Waals surface area contributed by atoms with E-state index in [1.807, 2.05) is 54.6 Å². The molecule has 2 saturated heterocycles. The number of nitrogens with zero attached hydrogens (tertiary/aromatic N) is 1. The summed E-state index contributed by atoms with van der Waals surface area (Å²) in [5, 5.41) is 31.7. The fourth-order valence-corrected chi connectivity index (χ4v) is 6.78. The van der Waals surface area contributed by atoms with Crippen LogP contribution in [0.1, 0.15) is 30.4 Å². The van der Waals surface area contributed by atoms with E-state index in [-0.39, 0.29) is 36.9 Å². The number of para-hydroxylation sites is 2. The summed E-state index contributed by atoms with van der Waals surface area (Å²) in [4.78, 5) is 28.5. The molecule has 6 rings (SSSR count). The van der Waals surface area contributed by atoms with Crippen molar-refractivity contribution >= 4 is 36.3 Å². The molecule has 2 aliphatic heterocycles. The first kappa shape index (κ1) is 27.2. The lowest BCUT2D eigenvalue weighted by Gasteiger charge is -2.43. The number of aliphatic hydroxyl groups is 1. The number of phenolic OH excluding ortho intramolecular Hbond substituents is 1. The van der Waals surface area contributed by atoms with Gasteiger partial charge < -0.3 is 19.9 Å². The average Bonchev–Trinajstić information content (AvgIpc) is 3.25. The maximum absolute atomic E-state index is 13.8. The molecule has 0 radical (unpaired) electrons. The van der Waals surface area contributed by atoms with E-state index in [2.05, 4.69) is 0 Å². The summed E-state index contributed by atoms with van der Waals surface area (Å²) in [6.07, 6.45) is 2.95. The smallest absolute Gasteiger partial charge is 0.455 e. The number of rotatable bonds is 7. The summed E-state index contributed by atoms with van der Waals surface area (Å²) in [5.41, 5.74) is 4.77. The summed E-state index contributed by atoms with van der Waals surface area (Å²) in [6, 6.07) is 25.9. The van der Waals surface area contributed by atoms with Gasteiger partial charge in [0.25, 0.3) is 0 Å². The molecule has 0 bridgehead atoms. The van der Waals surface area contributed by atoms with Gasteiger partial charge in [-0.25, -0.2) is 0 Å². The molecule has 41 heavy (non-hydrogen) atoms. The van der Waals surface area contributed by atoms with Gasteiger partial charge in [-0.1, -0.05) is 66.7 Å². The van der Waals surface area contributed by atoms with Gasteiger partial charge in [0.15, 0.2) is 0 Å². The minimum atomic E-state index is -1.09. The maximum Gasteiger partial charge on any atom is 0.455 e. The van der Waals surface area contributed by atoms with Crippen LogP contribution in [-0.4, -0.2) is 46.9 Å². The molecule has 0 unspecified atom stereocenters. The van der Waals surface area contributed by atoms with Crippen LogP contribution in [0.4, 0.5) is 5.69 Å². The van der Waals surface area contributed by atoms with E-state index in [9.17, 15) is 24.8 Å². The van der Waals surface area contributed by atoms with Crippen LogP contribution in [0.15, 0.2) is 96.1 Å². The van der Waals surface area contributed by atoms with Gasteiger partial charge in [-0.05, 0) is 78.1 Å². The highest BCUT2D eigenvalue weighted by Gasteiger charge is 2.57. The van der Waals surface area contributed by atoms with Crippen molar-refractivity contribution in [3.05, 3.63) is 107 Å². The minimum Gasteiger partial charge on any atom is -0.507 e. The van der Waals surface area contributed by atoms with Crippen LogP contribution in [0.25, 0.3) is 11.6 Å². The number of allylic oxidation sites excluding steroid dienone is 1. The van der Waals surface area contributed by atoms with Crippen molar-refractivity contribution in [3.63, 3.8) is 0 Å². The Morgan fingerprint density at radius 2 is 1.61 bits per heavy atom. The molecule has 2 heterocycles. The predicted octanol–water partition coefficient (Wildman–Crippen LogP) is 4.71. The van der Waals surface area contributed by atoms with Gasteiger partial charge in [0, 0.05) is 5.56 Å². The third-order valence-electron chi connectivity index (χ3n) is 8.60. The van der Waals surface area contributed by atoms with E-state index in [1.54, 1.807) is 36.4 Å². The van der Waals surface area contributed by atoms with Crippen LogP contribution in [0.3, 0.4) is 0 Å². The number of imide groups is 1. The van der Waals surface area contributed by atoms with Crippen molar-refractivity contribution in [3.8, 4) is 5.75 Å². The van der Waals surface area contributed by atoms with E-state index in [0.29, 0.717) is 24.1 Å². The zero-order valence-corrected chi connectivity index (χ0v) is 22.6. The number of carbonyl (C=O) groups excluding carboxylic acids is 2. The number of phenols is 1. The molecule has 3 aromatic rings. The largest absolute Gasteiger partial charge is 0.507 e. The Hall–Kier alpha value is -3.98. The Morgan fingerprint density at radius 3 is 2.32 bits per heavy atom. The number of benzene rings is 3. The molecule has 4 atom stereocenters. The Kier molecular flexibility index (Phi) is 7.62. The number of amides is 2. The summed E-state index contributed by atoms with van der Waals surface area (Å²) in [7, 11) is -1.09. The lowest BCUT2D eigenvalue weighted by molar-refractivity contribution is -0.122. The standard InChI is InChI=1S/C33H32BNO6/c36-20-24-18-26-31(33(39)35(32(26)38)25-12-5-2-6-13-25)27-19-34(40)41-29(30(24)27)16-15-22(21-9-3-1-4-10-21)17-23-11-7-8-14-28(23)37/h1-14,17,26-27,29,31,36-37,40H,15-16,18-20H2/b22-17-/t26-,27+,29-,31-/m1/s1. The second-order valence-corrected chi connectivity index (χ2v) is 11.0. The van der Waals surface area contributed by atoms with E-state index in [1.165, 1.54) is 4.90 Å². The fourth-order valence-electron chi connectivity index (χ4n) is 6.78. The number of hydrogen-bond donors (Lipinski definition) is 3. The first-order valence-corrected chi connectivity index (χ1v) is 14.1. The van der Waals surface area contributed by atoms with E-state index in [0.717, 1.165) is 22.3 Å². The topological polar surface area (TPSA) is 107 Å². The van der Waals surface area contributed by atoms with Crippen molar-refractivity contribution < 1.29 is 29.5 Å². The highest BCUT2D eigenvalue weighted by molar-refractivity contribution is 6.43. The maximum atomic E-state index is 13.8. The number of aromatic hydroxyl groups is 1. The third-order valence-corrected chi connectivity index (χ3v) is 8.60. The second kappa shape index (κ2) is 11.5. The van der Waals surface area contributed by atoms with Gasteiger partial charge in [0.05, 0.1) is 30.2 Å². The van der Waals surface area contributed by atoms with Crippen LogP contribution < -0.4 is 4.90 Å². The Labute approximate surface area is 239 Å². The lowest BCUT2D eigenvalue weighted by Crippen LogP contribution is -2.46. The number of hydrogen-bond acceptors (Lipinski definition) is 6. The summed E-state index contributed by atoms with van der Waals surface area (Å²) >= 11 is 0.